The minimum Gasteiger partial charge on any atom is -0.469 e. The molecule has 0 radical (unpaired) electrons. The third-order valence-corrected chi connectivity index (χ3v) is 10.7. The highest BCUT2D eigenvalue weighted by atomic mass is 79.9. The molecule has 0 N–H and O–H groups in total. The van der Waals surface area contributed by atoms with Crippen LogP contribution in [0.5, 0.6) is 0 Å². The summed E-state index contributed by atoms with van der Waals surface area (Å²) in [4.78, 5) is 25.5. The number of rotatable bonds is 5. The number of hydrogen-bond acceptors (Lipinski definition) is 6. The second kappa shape index (κ2) is 9.70. The lowest BCUT2D eigenvalue weighted by molar-refractivity contribution is -0.160. The molecule has 1 aliphatic heterocycles. The van der Waals surface area contributed by atoms with Gasteiger partial charge in [-0.25, -0.2) is 0 Å². The molecule has 2 atom stereocenters. The van der Waals surface area contributed by atoms with Crippen molar-refractivity contribution >= 4 is 71.2 Å². The lowest BCUT2D eigenvalue weighted by Gasteiger charge is -2.47. The number of hydrogen-bond donors (Lipinski definition) is 0. The van der Waals surface area contributed by atoms with Gasteiger partial charge in [0.15, 0.2) is 3.79 Å². The molecule has 0 aromatic heterocycles. The molecule has 0 bridgehead atoms. The number of esters is 2. The Morgan fingerprint density at radius 1 is 1.04 bits per heavy atom. The predicted molar refractivity (Wildman–Crippen MR) is 116 cm³/mol. The summed E-state index contributed by atoms with van der Waals surface area (Å²) in [5.41, 5.74) is -1.30. The van der Waals surface area contributed by atoms with Crippen LogP contribution in [0, 0.1) is 5.41 Å². The third-order valence-electron chi connectivity index (χ3n) is 5.04. The highest BCUT2D eigenvalue weighted by Crippen LogP contribution is 2.50. The molecular formula is C17H28BrCl3O6Si. The van der Waals surface area contributed by atoms with Crippen LogP contribution in [-0.4, -0.2) is 56.0 Å². The predicted octanol–water partition coefficient (Wildman–Crippen LogP) is 4.91. The number of ether oxygens (including phenoxy) is 2. The fourth-order valence-electron chi connectivity index (χ4n) is 3.72. The summed E-state index contributed by atoms with van der Waals surface area (Å²) < 4.78 is 19.6. The number of alkyl halides is 4. The van der Waals surface area contributed by atoms with Gasteiger partial charge in [-0.05, 0) is 17.5 Å². The fraction of sp³-hybridized carbons (Fsp3) is 0.882. The van der Waals surface area contributed by atoms with Crippen molar-refractivity contribution in [1.29, 1.82) is 0 Å². The van der Waals surface area contributed by atoms with E-state index in [1.165, 1.54) is 14.2 Å². The van der Waals surface area contributed by atoms with E-state index in [-0.39, 0.29) is 37.1 Å². The molecule has 1 rings (SSSR count). The SMILES string of the molecule is COC(=O)[C@]1(Br)CO[Si](C(C)C)(C(C)C)OC[C@](CC(Cl)(Cl)Cl)(C(=O)OC)C1. The van der Waals surface area contributed by atoms with Crippen LogP contribution in [0.25, 0.3) is 0 Å². The summed E-state index contributed by atoms with van der Waals surface area (Å²) in [5, 5.41) is 0. The normalized spacial score (nSPS) is 28.6. The van der Waals surface area contributed by atoms with Crippen LogP contribution in [0.15, 0.2) is 0 Å². The van der Waals surface area contributed by atoms with Crippen molar-refractivity contribution < 1.29 is 27.9 Å². The number of carbonyl (C=O) groups excluding carboxylic acids is 2. The number of methoxy groups -OCH3 is 2. The first-order valence-corrected chi connectivity index (χ1v) is 12.8. The number of halogens is 4. The van der Waals surface area contributed by atoms with E-state index >= 15 is 0 Å². The van der Waals surface area contributed by atoms with E-state index in [0.717, 1.165) is 0 Å². The molecule has 28 heavy (non-hydrogen) atoms. The zero-order valence-electron chi connectivity index (χ0n) is 16.9. The van der Waals surface area contributed by atoms with Gasteiger partial charge in [-0.3, -0.25) is 9.59 Å². The average molecular weight is 543 g/mol. The maximum atomic E-state index is 12.9. The molecule has 0 unspecified atom stereocenters. The van der Waals surface area contributed by atoms with Crippen molar-refractivity contribution in [3.63, 3.8) is 0 Å². The maximum absolute atomic E-state index is 12.9. The van der Waals surface area contributed by atoms with E-state index in [2.05, 4.69) is 15.9 Å². The lowest BCUT2D eigenvalue weighted by atomic mass is 9.77. The van der Waals surface area contributed by atoms with Gasteiger partial charge in [-0.1, -0.05) is 78.4 Å². The van der Waals surface area contributed by atoms with Crippen molar-refractivity contribution in [3.05, 3.63) is 0 Å². The van der Waals surface area contributed by atoms with E-state index in [1.807, 2.05) is 27.7 Å². The summed E-state index contributed by atoms with van der Waals surface area (Å²) in [6.07, 6.45) is -0.268. The molecule has 1 heterocycles. The Kier molecular flexibility index (Phi) is 9.17. The van der Waals surface area contributed by atoms with Gasteiger partial charge in [-0.15, -0.1) is 0 Å². The highest BCUT2D eigenvalue weighted by molar-refractivity contribution is 9.10. The molecule has 0 aliphatic carbocycles. The molecule has 0 spiro atoms. The first-order valence-electron chi connectivity index (χ1n) is 8.88. The van der Waals surface area contributed by atoms with Crippen LogP contribution in [0.3, 0.4) is 0 Å². The molecular weight excluding hydrogens is 515 g/mol. The smallest absolute Gasteiger partial charge is 0.343 e. The quantitative estimate of drug-likeness (QED) is 0.279. The molecule has 1 fully saturated rings. The van der Waals surface area contributed by atoms with Crippen molar-refractivity contribution in [2.45, 2.75) is 59.7 Å². The van der Waals surface area contributed by atoms with E-state index < -0.39 is 34.0 Å². The third kappa shape index (κ3) is 5.77. The van der Waals surface area contributed by atoms with Crippen LogP contribution in [0.2, 0.25) is 11.1 Å². The molecule has 11 heteroatoms. The van der Waals surface area contributed by atoms with E-state index in [0.29, 0.717) is 0 Å². The summed E-state index contributed by atoms with van der Waals surface area (Å²) >= 11 is 21.7. The lowest BCUT2D eigenvalue weighted by Crippen LogP contribution is -2.59. The van der Waals surface area contributed by atoms with Crippen LogP contribution >= 0.6 is 50.7 Å². The Hall–Kier alpha value is 0.427. The molecule has 0 amide bonds. The number of carbonyl (C=O) groups is 2. The molecule has 0 aromatic rings. The van der Waals surface area contributed by atoms with Gasteiger partial charge in [0.1, 0.15) is 4.32 Å². The van der Waals surface area contributed by atoms with Gasteiger partial charge < -0.3 is 18.3 Å². The van der Waals surface area contributed by atoms with Crippen molar-refractivity contribution in [2.24, 2.45) is 5.41 Å². The Balaban J connectivity index is 3.61. The first-order chi connectivity index (χ1) is 12.7. The summed E-state index contributed by atoms with van der Waals surface area (Å²) in [6, 6.07) is 0. The van der Waals surface area contributed by atoms with Crippen LogP contribution < -0.4 is 0 Å². The maximum Gasteiger partial charge on any atom is 0.343 e. The fourth-order valence-corrected chi connectivity index (χ4v) is 9.24. The van der Waals surface area contributed by atoms with Gasteiger partial charge in [0.2, 0.25) is 0 Å². The Morgan fingerprint density at radius 3 is 1.89 bits per heavy atom. The van der Waals surface area contributed by atoms with Crippen molar-refractivity contribution in [3.8, 4) is 0 Å². The van der Waals surface area contributed by atoms with E-state index in [9.17, 15) is 9.59 Å². The summed E-state index contributed by atoms with van der Waals surface area (Å²) in [5.74, 6) is -1.20. The molecule has 1 saturated heterocycles. The van der Waals surface area contributed by atoms with Gasteiger partial charge in [0, 0.05) is 6.42 Å². The highest BCUT2D eigenvalue weighted by Gasteiger charge is 2.59. The van der Waals surface area contributed by atoms with Crippen LogP contribution in [0.4, 0.5) is 0 Å². The Labute approximate surface area is 191 Å². The zero-order valence-corrected chi connectivity index (χ0v) is 21.8. The first kappa shape index (κ1) is 26.5. The molecule has 1 aliphatic rings. The van der Waals surface area contributed by atoms with Crippen LogP contribution in [-0.2, 0) is 27.9 Å². The van der Waals surface area contributed by atoms with Gasteiger partial charge in [0.05, 0.1) is 32.8 Å². The monoisotopic (exact) mass is 540 g/mol. The van der Waals surface area contributed by atoms with E-state index in [1.54, 1.807) is 0 Å². The Morgan fingerprint density at radius 2 is 1.50 bits per heavy atom. The van der Waals surface area contributed by atoms with Crippen molar-refractivity contribution in [2.75, 3.05) is 27.4 Å². The topological polar surface area (TPSA) is 71.1 Å². The second-order valence-corrected chi connectivity index (χ2v) is 16.2. The average Bonchev–Trinajstić information content (AvgIpc) is 2.56. The second-order valence-electron chi connectivity index (χ2n) is 7.81. The van der Waals surface area contributed by atoms with Crippen molar-refractivity contribution in [1.82, 2.24) is 0 Å². The largest absolute Gasteiger partial charge is 0.469 e. The Bertz CT molecular complexity index is 578. The van der Waals surface area contributed by atoms with E-state index in [4.69, 9.17) is 53.1 Å². The summed E-state index contributed by atoms with van der Waals surface area (Å²) in [7, 11) is -0.345. The van der Waals surface area contributed by atoms with Crippen LogP contribution in [0.1, 0.15) is 40.5 Å². The standard InChI is InChI=1S/C17H28BrCl3O6Si/c1-11(2)28(12(3)4)26-9-15(13(22)24-5,8-17(19,20)21)7-16(18,10-27-28)14(23)25-6/h11-12H,7-10H2,1-6H3/t15-,16+/m0/s1. The summed E-state index contributed by atoms with van der Waals surface area (Å²) in [6.45, 7) is 7.85. The molecule has 164 valence electrons. The minimum absolute atomic E-state index is 0.0408. The van der Waals surface area contributed by atoms with Gasteiger partial charge in [-0.2, -0.15) is 0 Å². The van der Waals surface area contributed by atoms with Gasteiger partial charge in [0.25, 0.3) is 0 Å². The minimum atomic E-state index is -2.87. The zero-order chi connectivity index (χ0) is 22.0. The van der Waals surface area contributed by atoms with Gasteiger partial charge >= 0.3 is 20.5 Å². The molecule has 0 saturated carbocycles. The molecule has 0 aromatic carbocycles. The molecule has 6 nitrogen and oxygen atoms in total.